The van der Waals surface area contributed by atoms with Crippen LogP contribution in [-0.4, -0.2) is 34.7 Å². The second-order valence-corrected chi connectivity index (χ2v) is 6.44. The van der Waals surface area contributed by atoms with Crippen molar-refractivity contribution in [3.05, 3.63) is 49.1 Å². The van der Waals surface area contributed by atoms with Gasteiger partial charge in [0.05, 0.1) is 18.4 Å². The lowest BCUT2D eigenvalue weighted by Crippen LogP contribution is -2.15. The van der Waals surface area contributed by atoms with Gasteiger partial charge in [-0.1, -0.05) is 6.92 Å². The third kappa shape index (κ3) is 4.10. The van der Waals surface area contributed by atoms with E-state index in [0.29, 0.717) is 18.0 Å². The van der Waals surface area contributed by atoms with Crippen LogP contribution < -0.4 is 0 Å². The molecular weight excluding hydrogens is 302 g/mol. The summed E-state index contributed by atoms with van der Waals surface area (Å²) >= 11 is 0. The number of nitrogens with zero attached hydrogens (tertiary/aromatic N) is 6. The van der Waals surface area contributed by atoms with Crippen LogP contribution in [0.5, 0.6) is 0 Å². The minimum absolute atomic E-state index is 0.316. The van der Waals surface area contributed by atoms with E-state index in [9.17, 15) is 0 Å². The first-order chi connectivity index (χ1) is 11.7. The van der Waals surface area contributed by atoms with Crippen molar-refractivity contribution in [2.24, 2.45) is 0 Å². The molecule has 128 valence electrons. The van der Waals surface area contributed by atoms with Crippen LogP contribution in [-0.2, 0) is 0 Å². The van der Waals surface area contributed by atoms with Gasteiger partial charge in [0.1, 0.15) is 12.7 Å². The van der Waals surface area contributed by atoms with Crippen molar-refractivity contribution in [3.8, 4) is 0 Å². The zero-order valence-corrected chi connectivity index (χ0v) is 14.3. The highest BCUT2D eigenvalue weighted by molar-refractivity contribution is 5.08. The van der Waals surface area contributed by atoms with E-state index >= 15 is 0 Å². The van der Waals surface area contributed by atoms with Gasteiger partial charge in [-0.05, 0) is 50.7 Å². The normalized spacial score (nSPS) is 15.2. The highest BCUT2D eigenvalue weighted by atomic mass is 15.5. The molecule has 3 unspecified atom stereocenters. The number of rotatable bonds is 9. The molecule has 0 aromatic carbocycles. The van der Waals surface area contributed by atoms with E-state index in [1.807, 2.05) is 11.0 Å². The topological polar surface area (TPSA) is 77.2 Å². The molecule has 3 aromatic rings. The van der Waals surface area contributed by atoms with E-state index in [1.54, 1.807) is 25.0 Å². The van der Waals surface area contributed by atoms with Gasteiger partial charge in [0.2, 0.25) is 0 Å². The maximum atomic E-state index is 4.36. The number of hydrogen-bond donors (Lipinski definition) is 1. The Bertz CT molecular complexity index is 628. The first-order valence-corrected chi connectivity index (χ1v) is 8.57. The molecule has 0 saturated carbocycles. The van der Waals surface area contributed by atoms with Crippen molar-refractivity contribution in [2.45, 2.75) is 57.5 Å². The molecule has 0 spiro atoms. The molecule has 7 nitrogen and oxygen atoms in total. The average molecular weight is 327 g/mol. The fourth-order valence-corrected chi connectivity index (χ4v) is 3.06. The van der Waals surface area contributed by atoms with Gasteiger partial charge >= 0.3 is 0 Å². The quantitative estimate of drug-likeness (QED) is 0.653. The largest absolute Gasteiger partial charge is 0.365 e. The Morgan fingerprint density at radius 2 is 1.71 bits per heavy atom. The van der Waals surface area contributed by atoms with Gasteiger partial charge < -0.3 is 9.55 Å². The molecule has 1 N–H and O–H groups in total. The highest BCUT2D eigenvalue weighted by Crippen LogP contribution is 2.27. The highest BCUT2D eigenvalue weighted by Gasteiger charge is 2.17. The van der Waals surface area contributed by atoms with Gasteiger partial charge in [-0.15, -0.1) is 10.2 Å². The Morgan fingerprint density at radius 1 is 1.00 bits per heavy atom. The maximum Gasteiger partial charge on any atom is 0.119 e. The molecule has 7 heteroatoms. The Hall–Kier alpha value is -2.44. The number of aromatic amines is 1. The van der Waals surface area contributed by atoms with Crippen molar-refractivity contribution in [2.75, 3.05) is 0 Å². The molecule has 3 rings (SSSR count). The smallest absolute Gasteiger partial charge is 0.119 e. The molecule has 0 aliphatic carbocycles. The van der Waals surface area contributed by atoms with Gasteiger partial charge in [-0.3, -0.25) is 0 Å². The Balaban J connectivity index is 1.57. The van der Waals surface area contributed by atoms with E-state index in [1.165, 1.54) is 5.69 Å². The van der Waals surface area contributed by atoms with E-state index < -0.39 is 0 Å². The lowest BCUT2D eigenvalue weighted by molar-refractivity contribution is 0.315. The van der Waals surface area contributed by atoms with Crippen LogP contribution in [0, 0.1) is 0 Å². The number of nitrogens with one attached hydrogen (secondary N) is 1. The SMILES string of the molecule is CC(CCC(CCC(C)n1cnnc1)n1nccn1)c1ccc[nH]1. The average Bonchev–Trinajstić information content (AvgIpc) is 3.37. The predicted molar refractivity (Wildman–Crippen MR) is 91.5 cm³/mol. The van der Waals surface area contributed by atoms with Crippen LogP contribution in [0.4, 0.5) is 0 Å². The van der Waals surface area contributed by atoms with Crippen LogP contribution in [0.1, 0.15) is 63.2 Å². The van der Waals surface area contributed by atoms with Gasteiger partial charge in [0.15, 0.2) is 0 Å². The van der Waals surface area contributed by atoms with Gasteiger partial charge in [-0.25, -0.2) is 0 Å². The molecule has 0 saturated heterocycles. The zero-order valence-electron chi connectivity index (χ0n) is 14.3. The molecule has 3 atom stereocenters. The summed E-state index contributed by atoms with van der Waals surface area (Å²) in [4.78, 5) is 5.17. The zero-order chi connectivity index (χ0) is 16.8. The third-order valence-corrected chi connectivity index (χ3v) is 4.71. The maximum absolute atomic E-state index is 4.36. The standard InChI is InChI=1S/C17H25N7/c1-14(17-4-3-9-18-17)5-7-16(24-21-10-11-22-24)8-6-15(2)23-12-19-20-13-23/h3-4,9-16,18H,5-8H2,1-2H3. The van der Waals surface area contributed by atoms with Crippen molar-refractivity contribution in [3.63, 3.8) is 0 Å². The summed E-state index contributed by atoms with van der Waals surface area (Å²) in [6.07, 6.45) is 13.3. The minimum Gasteiger partial charge on any atom is -0.365 e. The van der Waals surface area contributed by atoms with Crippen molar-refractivity contribution in [1.82, 2.24) is 34.7 Å². The molecule has 0 radical (unpaired) electrons. The summed E-state index contributed by atoms with van der Waals surface area (Å²) in [7, 11) is 0. The predicted octanol–water partition coefficient (Wildman–Crippen LogP) is 3.36. The summed E-state index contributed by atoms with van der Waals surface area (Å²) < 4.78 is 2.05. The van der Waals surface area contributed by atoms with Gasteiger partial charge in [-0.2, -0.15) is 15.0 Å². The van der Waals surface area contributed by atoms with Gasteiger partial charge in [0, 0.05) is 17.9 Å². The third-order valence-electron chi connectivity index (χ3n) is 4.71. The summed E-state index contributed by atoms with van der Waals surface area (Å²) in [6.45, 7) is 4.46. The fraction of sp³-hybridized carbons (Fsp3) is 0.529. The molecule has 24 heavy (non-hydrogen) atoms. The summed E-state index contributed by atoms with van der Waals surface area (Å²) in [5.41, 5.74) is 1.29. The van der Waals surface area contributed by atoms with Crippen molar-refractivity contribution >= 4 is 0 Å². The summed E-state index contributed by atoms with van der Waals surface area (Å²) in [5, 5.41) is 16.5. The Morgan fingerprint density at radius 3 is 2.38 bits per heavy atom. The van der Waals surface area contributed by atoms with E-state index in [-0.39, 0.29) is 0 Å². The van der Waals surface area contributed by atoms with Crippen LogP contribution in [0.15, 0.2) is 43.4 Å². The van der Waals surface area contributed by atoms with Crippen molar-refractivity contribution < 1.29 is 0 Å². The van der Waals surface area contributed by atoms with Crippen LogP contribution in [0.3, 0.4) is 0 Å². The number of aromatic nitrogens is 7. The summed E-state index contributed by atoms with van der Waals surface area (Å²) in [6, 6.07) is 4.90. The molecule has 0 amide bonds. The van der Waals surface area contributed by atoms with Crippen LogP contribution in [0.25, 0.3) is 0 Å². The fourth-order valence-electron chi connectivity index (χ4n) is 3.06. The molecule has 0 aliphatic rings. The van der Waals surface area contributed by atoms with E-state index in [2.05, 4.69) is 55.9 Å². The molecular formula is C17H25N7. The lowest BCUT2D eigenvalue weighted by Gasteiger charge is -2.20. The molecule has 0 aliphatic heterocycles. The Kier molecular flexibility index (Phi) is 5.40. The van der Waals surface area contributed by atoms with Crippen LogP contribution in [0.2, 0.25) is 0 Å². The number of H-pyrrole nitrogens is 1. The second-order valence-electron chi connectivity index (χ2n) is 6.44. The van der Waals surface area contributed by atoms with E-state index in [4.69, 9.17) is 0 Å². The Labute approximate surface area is 142 Å². The van der Waals surface area contributed by atoms with Gasteiger partial charge in [0.25, 0.3) is 0 Å². The van der Waals surface area contributed by atoms with Crippen molar-refractivity contribution in [1.29, 1.82) is 0 Å². The lowest BCUT2D eigenvalue weighted by atomic mass is 9.96. The molecule has 3 aromatic heterocycles. The number of hydrogen-bond acceptors (Lipinski definition) is 4. The second kappa shape index (κ2) is 7.90. The molecule has 0 fully saturated rings. The first-order valence-electron chi connectivity index (χ1n) is 8.57. The monoisotopic (exact) mass is 327 g/mol. The minimum atomic E-state index is 0.316. The molecule has 3 heterocycles. The van der Waals surface area contributed by atoms with E-state index in [0.717, 1.165) is 25.7 Å². The molecule has 0 bridgehead atoms. The summed E-state index contributed by atoms with van der Waals surface area (Å²) in [5.74, 6) is 0.508. The van der Waals surface area contributed by atoms with Crippen LogP contribution >= 0.6 is 0 Å². The first kappa shape index (κ1) is 16.4.